The molecule has 0 amide bonds. The molecule has 1 fully saturated rings. The van der Waals surface area contributed by atoms with Crippen molar-refractivity contribution in [2.75, 3.05) is 36.4 Å². The van der Waals surface area contributed by atoms with Crippen LogP contribution in [0.4, 0.5) is 34.1 Å². The summed E-state index contributed by atoms with van der Waals surface area (Å²) in [7, 11) is 0. The zero-order valence-corrected chi connectivity index (χ0v) is 18.0. The number of alkyl halides is 3. The summed E-state index contributed by atoms with van der Waals surface area (Å²) in [6.45, 7) is 3.30. The number of para-hydroxylation sites is 1. The first-order valence-electron chi connectivity index (χ1n) is 9.65. The molecule has 3 aromatic rings. The van der Waals surface area contributed by atoms with Crippen molar-refractivity contribution in [2.45, 2.75) is 12.8 Å². The number of hydrogen-bond donors (Lipinski definition) is 2. The smallest absolute Gasteiger partial charge is 0.360 e. The van der Waals surface area contributed by atoms with E-state index in [1.54, 1.807) is 28.9 Å². The molecule has 2 aromatic carbocycles. The number of rotatable bonds is 5. The van der Waals surface area contributed by atoms with Gasteiger partial charge in [-0.05, 0) is 42.5 Å². The van der Waals surface area contributed by atoms with E-state index in [-0.39, 0.29) is 5.82 Å². The highest BCUT2D eigenvalue weighted by atomic mass is 32.1. The van der Waals surface area contributed by atoms with Gasteiger partial charge in [0, 0.05) is 5.69 Å². The van der Waals surface area contributed by atoms with Crippen LogP contribution in [0.15, 0.2) is 48.5 Å². The van der Waals surface area contributed by atoms with Crippen molar-refractivity contribution in [1.29, 1.82) is 0 Å². The Morgan fingerprint density at radius 2 is 1.84 bits per heavy atom. The summed E-state index contributed by atoms with van der Waals surface area (Å²) in [5.74, 6) is -0.369. The first-order valence-corrected chi connectivity index (χ1v) is 10.9. The van der Waals surface area contributed by atoms with Crippen LogP contribution in [0, 0.1) is 9.77 Å². The number of aromatic nitrogens is 2. The summed E-state index contributed by atoms with van der Waals surface area (Å²) in [6.07, 6.45) is -4.35. The van der Waals surface area contributed by atoms with Crippen LogP contribution in [-0.4, -0.2) is 36.0 Å². The van der Waals surface area contributed by atoms with Gasteiger partial charge in [-0.3, -0.25) is 0 Å². The van der Waals surface area contributed by atoms with E-state index in [1.165, 1.54) is 34.4 Å². The van der Waals surface area contributed by atoms with Crippen molar-refractivity contribution in [3.8, 4) is 0 Å². The molecule has 1 aromatic heterocycles. The monoisotopic (exact) mass is 470 g/mol. The van der Waals surface area contributed by atoms with Crippen molar-refractivity contribution in [1.82, 2.24) is 9.78 Å². The van der Waals surface area contributed by atoms with Gasteiger partial charge in [0.05, 0.1) is 37.4 Å². The second-order valence-corrected chi connectivity index (χ2v) is 8.84. The van der Waals surface area contributed by atoms with Gasteiger partial charge < -0.3 is 15.1 Å². The Hall–Kier alpha value is -2.50. The Balaban J connectivity index is 1.37. The predicted molar refractivity (Wildman–Crippen MR) is 115 cm³/mol. The van der Waals surface area contributed by atoms with Gasteiger partial charge >= 0.3 is 6.18 Å². The molecular formula is C20H20F4N5S2+. The minimum absolute atomic E-state index is 0.334. The summed E-state index contributed by atoms with van der Waals surface area (Å²) >= 11 is 6.66. The van der Waals surface area contributed by atoms with E-state index in [0.29, 0.717) is 40.2 Å². The van der Waals surface area contributed by atoms with Gasteiger partial charge in [0.15, 0.2) is 10.6 Å². The number of anilines is 3. The van der Waals surface area contributed by atoms with Crippen LogP contribution in [0.1, 0.15) is 5.56 Å². The molecule has 0 radical (unpaired) electrons. The highest BCUT2D eigenvalue weighted by Crippen LogP contribution is 2.31. The number of hydrogen-bond acceptors (Lipinski definition) is 5. The largest absolute Gasteiger partial charge is 0.416 e. The van der Waals surface area contributed by atoms with Crippen LogP contribution in [-0.2, 0) is 12.8 Å². The lowest BCUT2D eigenvalue weighted by Crippen LogP contribution is -3.14. The van der Waals surface area contributed by atoms with Gasteiger partial charge in [0.1, 0.15) is 5.82 Å². The van der Waals surface area contributed by atoms with Crippen LogP contribution >= 0.6 is 23.6 Å². The number of benzene rings is 2. The molecule has 1 aliphatic rings. The zero-order chi connectivity index (χ0) is 22.0. The highest BCUT2D eigenvalue weighted by molar-refractivity contribution is 7.73. The van der Waals surface area contributed by atoms with Crippen molar-refractivity contribution in [3.05, 3.63) is 63.9 Å². The molecule has 1 saturated heterocycles. The Labute approximate surface area is 185 Å². The third-order valence-electron chi connectivity index (χ3n) is 5.10. The minimum atomic E-state index is -4.35. The summed E-state index contributed by atoms with van der Waals surface area (Å²) in [4.78, 5) is 3.19. The lowest BCUT2D eigenvalue weighted by molar-refractivity contribution is -0.924. The average molecular weight is 471 g/mol. The molecule has 2 heterocycles. The average Bonchev–Trinajstić information content (AvgIpc) is 3.08. The molecule has 0 atom stereocenters. The van der Waals surface area contributed by atoms with Crippen LogP contribution in [0.3, 0.4) is 0 Å². The van der Waals surface area contributed by atoms with E-state index in [2.05, 4.69) is 10.4 Å². The fraction of sp³-hybridized carbons (Fsp3) is 0.300. The molecule has 31 heavy (non-hydrogen) atoms. The van der Waals surface area contributed by atoms with Gasteiger partial charge in [-0.25, -0.2) is 4.39 Å². The number of nitrogens with zero attached hydrogens (tertiary/aromatic N) is 3. The van der Waals surface area contributed by atoms with Gasteiger partial charge in [0.2, 0.25) is 5.13 Å². The Morgan fingerprint density at radius 1 is 1.10 bits per heavy atom. The minimum Gasteiger partial charge on any atom is -0.360 e. The van der Waals surface area contributed by atoms with Crippen molar-refractivity contribution in [3.63, 3.8) is 0 Å². The van der Waals surface area contributed by atoms with Gasteiger partial charge in [0.25, 0.3) is 0 Å². The first-order chi connectivity index (χ1) is 14.8. The summed E-state index contributed by atoms with van der Waals surface area (Å²) in [5.41, 5.74) is 0.277. The lowest BCUT2D eigenvalue weighted by Gasteiger charge is -2.33. The molecule has 2 N–H and O–H groups in total. The second-order valence-electron chi connectivity index (χ2n) is 7.22. The van der Waals surface area contributed by atoms with E-state index in [1.807, 2.05) is 4.90 Å². The maximum absolute atomic E-state index is 13.8. The zero-order valence-electron chi connectivity index (χ0n) is 16.3. The standard InChI is InChI=1S/C20H19F4N5S2/c21-16-6-1-2-7-17(16)25-18-26-29(19(30)31-18)13-27-8-10-28(11-9-27)15-5-3-4-14(12-15)20(22,23)24/h1-7,12H,8-11,13H2,(H,25,26)/p+1. The molecule has 11 heteroatoms. The van der Waals surface area contributed by atoms with E-state index in [0.717, 1.165) is 19.2 Å². The SMILES string of the molecule is Fc1ccccc1Nc1nn(C[NH+]2CCN(c3cccc(C(F)(F)F)c3)CC2)c(=S)s1. The number of piperazine rings is 1. The lowest BCUT2D eigenvalue weighted by atomic mass is 10.1. The fourth-order valence-electron chi connectivity index (χ4n) is 3.46. The third-order valence-corrected chi connectivity index (χ3v) is 6.33. The molecule has 0 aliphatic carbocycles. The topological polar surface area (TPSA) is 37.5 Å². The van der Waals surface area contributed by atoms with E-state index < -0.39 is 11.7 Å². The normalized spacial score (nSPS) is 15.3. The van der Waals surface area contributed by atoms with Crippen LogP contribution < -0.4 is 15.1 Å². The molecule has 4 rings (SSSR count). The Morgan fingerprint density at radius 3 is 2.55 bits per heavy atom. The van der Waals surface area contributed by atoms with Gasteiger partial charge in [-0.2, -0.15) is 17.9 Å². The van der Waals surface area contributed by atoms with Crippen molar-refractivity contribution in [2.24, 2.45) is 0 Å². The summed E-state index contributed by atoms with van der Waals surface area (Å²) < 4.78 is 55.0. The van der Waals surface area contributed by atoms with E-state index in [4.69, 9.17) is 12.2 Å². The quantitative estimate of drug-likeness (QED) is 0.438. The Kier molecular flexibility index (Phi) is 6.26. The molecule has 5 nitrogen and oxygen atoms in total. The molecule has 1 aliphatic heterocycles. The number of quaternary nitrogens is 1. The Bertz CT molecular complexity index is 1100. The van der Waals surface area contributed by atoms with Gasteiger partial charge in [-0.15, -0.1) is 5.10 Å². The number of halogens is 4. The molecule has 0 spiro atoms. The highest BCUT2D eigenvalue weighted by Gasteiger charge is 2.31. The van der Waals surface area contributed by atoms with E-state index in [9.17, 15) is 17.6 Å². The summed E-state index contributed by atoms with van der Waals surface area (Å²) in [6, 6.07) is 11.8. The molecule has 0 unspecified atom stereocenters. The predicted octanol–water partition coefficient (Wildman–Crippen LogP) is 3.94. The van der Waals surface area contributed by atoms with Crippen molar-refractivity contribution < 1.29 is 22.5 Å². The number of nitrogens with one attached hydrogen (secondary N) is 2. The summed E-state index contributed by atoms with van der Waals surface area (Å²) in [5, 5.41) is 7.91. The van der Waals surface area contributed by atoms with Crippen LogP contribution in [0.2, 0.25) is 0 Å². The van der Waals surface area contributed by atoms with Gasteiger partial charge in [-0.1, -0.05) is 29.5 Å². The molecular weight excluding hydrogens is 450 g/mol. The molecule has 0 saturated carbocycles. The first kappa shape index (κ1) is 21.7. The maximum Gasteiger partial charge on any atom is 0.416 e. The van der Waals surface area contributed by atoms with Crippen LogP contribution in [0.5, 0.6) is 0 Å². The fourth-order valence-corrected chi connectivity index (χ4v) is 4.48. The third kappa shape index (κ3) is 5.23. The van der Waals surface area contributed by atoms with E-state index >= 15 is 0 Å². The van der Waals surface area contributed by atoms with Crippen molar-refractivity contribution >= 4 is 40.1 Å². The second kappa shape index (κ2) is 8.93. The molecule has 164 valence electrons. The molecule has 0 bridgehead atoms. The maximum atomic E-state index is 13.8. The van der Waals surface area contributed by atoms with Crippen LogP contribution in [0.25, 0.3) is 0 Å².